The predicted molar refractivity (Wildman–Crippen MR) is 114 cm³/mol. The van der Waals surface area contributed by atoms with Crippen molar-refractivity contribution in [3.05, 3.63) is 41.8 Å². The molecule has 0 saturated carbocycles. The van der Waals surface area contributed by atoms with Crippen molar-refractivity contribution < 1.29 is 4.42 Å². The maximum atomic E-state index is 5.63. The Balaban J connectivity index is 1.53. The van der Waals surface area contributed by atoms with Crippen LogP contribution in [0.2, 0.25) is 0 Å². The monoisotopic (exact) mass is 383 g/mol. The van der Waals surface area contributed by atoms with Crippen molar-refractivity contribution in [1.82, 2.24) is 20.5 Å². The van der Waals surface area contributed by atoms with Gasteiger partial charge in [0.1, 0.15) is 12.0 Å². The molecule has 1 fully saturated rings. The van der Waals surface area contributed by atoms with Crippen molar-refractivity contribution in [3.8, 4) is 11.5 Å². The molecule has 1 unspecified atom stereocenters. The van der Waals surface area contributed by atoms with Gasteiger partial charge in [-0.2, -0.15) is 0 Å². The third-order valence-electron chi connectivity index (χ3n) is 5.06. The standard InChI is InChI=1S/C22H33N5O/c1-4-11-27-12-10-18(15-27)13-24-22(23-5-2)25-14-20-16-28-21(26-20)19-8-6-17(3)7-9-19/h6-9,16,18H,4-5,10-15H2,1-3H3,(H2,23,24,25). The number of rotatable bonds is 8. The number of likely N-dealkylation sites (tertiary alicyclic amines) is 1. The molecule has 0 spiro atoms. The van der Waals surface area contributed by atoms with E-state index in [0.29, 0.717) is 18.4 Å². The summed E-state index contributed by atoms with van der Waals surface area (Å²) in [5.74, 6) is 2.18. The van der Waals surface area contributed by atoms with Gasteiger partial charge in [-0.25, -0.2) is 9.98 Å². The van der Waals surface area contributed by atoms with Crippen LogP contribution >= 0.6 is 0 Å². The van der Waals surface area contributed by atoms with E-state index in [9.17, 15) is 0 Å². The molecule has 0 amide bonds. The van der Waals surface area contributed by atoms with Crippen molar-refractivity contribution in [1.29, 1.82) is 0 Å². The van der Waals surface area contributed by atoms with Gasteiger partial charge < -0.3 is 20.0 Å². The Bertz CT molecular complexity index is 753. The summed E-state index contributed by atoms with van der Waals surface area (Å²) >= 11 is 0. The largest absolute Gasteiger partial charge is 0.444 e. The highest BCUT2D eigenvalue weighted by Crippen LogP contribution is 2.19. The van der Waals surface area contributed by atoms with Crippen molar-refractivity contribution in [2.45, 2.75) is 40.2 Å². The molecule has 2 aromatic rings. The lowest BCUT2D eigenvalue weighted by Crippen LogP contribution is -2.40. The molecule has 6 nitrogen and oxygen atoms in total. The van der Waals surface area contributed by atoms with Gasteiger partial charge in [-0.1, -0.05) is 24.6 Å². The molecule has 1 aromatic heterocycles. The topological polar surface area (TPSA) is 65.7 Å². The smallest absolute Gasteiger partial charge is 0.226 e. The van der Waals surface area contributed by atoms with Crippen molar-refractivity contribution in [2.24, 2.45) is 10.9 Å². The zero-order valence-corrected chi connectivity index (χ0v) is 17.4. The third kappa shape index (κ3) is 5.83. The third-order valence-corrected chi connectivity index (χ3v) is 5.06. The van der Waals surface area contributed by atoms with E-state index in [1.807, 2.05) is 12.1 Å². The molecule has 28 heavy (non-hydrogen) atoms. The number of oxazole rings is 1. The van der Waals surface area contributed by atoms with E-state index < -0.39 is 0 Å². The molecule has 3 rings (SSSR count). The highest BCUT2D eigenvalue weighted by Gasteiger charge is 2.21. The molecule has 1 saturated heterocycles. The van der Waals surface area contributed by atoms with E-state index in [1.54, 1.807) is 6.26 Å². The van der Waals surface area contributed by atoms with E-state index >= 15 is 0 Å². The summed E-state index contributed by atoms with van der Waals surface area (Å²) in [7, 11) is 0. The normalized spacial score (nSPS) is 17.8. The molecule has 1 aliphatic rings. The molecular formula is C22H33N5O. The number of benzene rings is 1. The van der Waals surface area contributed by atoms with Gasteiger partial charge in [0.05, 0.1) is 6.54 Å². The van der Waals surface area contributed by atoms with Crippen LogP contribution in [0.5, 0.6) is 0 Å². The van der Waals surface area contributed by atoms with Crippen LogP contribution in [0.4, 0.5) is 0 Å². The van der Waals surface area contributed by atoms with E-state index in [0.717, 1.165) is 30.3 Å². The van der Waals surface area contributed by atoms with Gasteiger partial charge in [0.25, 0.3) is 0 Å². The van der Waals surface area contributed by atoms with Crippen LogP contribution in [-0.4, -0.2) is 48.6 Å². The van der Waals surface area contributed by atoms with Crippen molar-refractivity contribution in [3.63, 3.8) is 0 Å². The minimum Gasteiger partial charge on any atom is -0.444 e. The van der Waals surface area contributed by atoms with Crippen LogP contribution in [0.1, 0.15) is 37.9 Å². The molecule has 2 heterocycles. The van der Waals surface area contributed by atoms with E-state index in [4.69, 9.17) is 4.42 Å². The fraction of sp³-hybridized carbons (Fsp3) is 0.545. The van der Waals surface area contributed by atoms with Crippen molar-refractivity contribution in [2.75, 3.05) is 32.7 Å². The lowest BCUT2D eigenvalue weighted by atomic mass is 10.1. The first kappa shape index (κ1) is 20.4. The fourth-order valence-electron chi connectivity index (χ4n) is 3.55. The Morgan fingerprint density at radius 1 is 1.25 bits per heavy atom. The fourth-order valence-corrected chi connectivity index (χ4v) is 3.55. The molecule has 0 radical (unpaired) electrons. The summed E-state index contributed by atoms with van der Waals surface area (Å²) in [6.45, 7) is 12.3. The summed E-state index contributed by atoms with van der Waals surface area (Å²) in [5, 5.41) is 6.82. The quantitative estimate of drug-likeness (QED) is 0.540. The first-order valence-electron chi connectivity index (χ1n) is 10.4. The molecule has 1 aliphatic heterocycles. The van der Waals surface area contributed by atoms with E-state index in [2.05, 4.69) is 58.4 Å². The van der Waals surface area contributed by atoms with Crippen LogP contribution in [-0.2, 0) is 6.54 Å². The highest BCUT2D eigenvalue weighted by molar-refractivity contribution is 5.79. The van der Waals surface area contributed by atoms with Crippen LogP contribution < -0.4 is 10.6 Å². The zero-order valence-electron chi connectivity index (χ0n) is 17.4. The molecule has 0 bridgehead atoms. The molecule has 0 aliphatic carbocycles. The summed E-state index contributed by atoms with van der Waals surface area (Å²) < 4.78 is 5.63. The molecule has 6 heteroatoms. The second-order valence-corrected chi connectivity index (χ2v) is 7.54. The molecule has 2 N–H and O–H groups in total. The number of hydrogen-bond donors (Lipinski definition) is 2. The maximum Gasteiger partial charge on any atom is 0.226 e. The highest BCUT2D eigenvalue weighted by atomic mass is 16.3. The number of guanidine groups is 1. The number of aromatic nitrogens is 1. The molecule has 152 valence electrons. The van der Waals surface area contributed by atoms with Crippen LogP contribution in [0.15, 0.2) is 39.9 Å². The lowest BCUT2D eigenvalue weighted by Gasteiger charge is -2.16. The summed E-state index contributed by atoms with van der Waals surface area (Å²) in [4.78, 5) is 11.8. The Labute approximate surface area is 168 Å². The molecular weight excluding hydrogens is 350 g/mol. The van der Waals surface area contributed by atoms with Crippen molar-refractivity contribution >= 4 is 5.96 Å². The Hall–Kier alpha value is -2.34. The maximum absolute atomic E-state index is 5.63. The summed E-state index contributed by atoms with van der Waals surface area (Å²) in [6, 6.07) is 8.19. The van der Waals surface area contributed by atoms with Crippen LogP contribution in [0, 0.1) is 12.8 Å². The number of aryl methyl sites for hydroxylation is 1. The Morgan fingerprint density at radius 2 is 2.07 bits per heavy atom. The SMILES string of the molecule is CCCN1CCC(CNC(=NCc2coc(-c3ccc(C)cc3)n2)NCC)C1. The van der Waals surface area contributed by atoms with E-state index in [-0.39, 0.29) is 0 Å². The molecule has 1 aromatic carbocycles. The van der Waals surface area contributed by atoms with Gasteiger partial charge in [0.2, 0.25) is 5.89 Å². The van der Waals surface area contributed by atoms with Gasteiger partial charge in [-0.05, 0) is 57.8 Å². The Morgan fingerprint density at radius 3 is 2.82 bits per heavy atom. The number of nitrogens with one attached hydrogen (secondary N) is 2. The number of hydrogen-bond acceptors (Lipinski definition) is 4. The minimum atomic E-state index is 0.497. The average Bonchev–Trinajstić information content (AvgIpc) is 3.35. The van der Waals surface area contributed by atoms with Crippen LogP contribution in [0.25, 0.3) is 11.5 Å². The predicted octanol–water partition coefficient (Wildman–Crippen LogP) is 3.44. The summed E-state index contributed by atoms with van der Waals surface area (Å²) in [5.41, 5.74) is 3.05. The van der Waals surface area contributed by atoms with Gasteiger partial charge in [-0.3, -0.25) is 0 Å². The number of nitrogens with zero attached hydrogens (tertiary/aromatic N) is 3. The summed E-state index contributed by atoms with van der Waals surface area (Å²) in [6.07, 6.45) is 4.18. The average molecular weight is 384 g/mol. The second-order valence-electron chi connectivity index (χ2n) is 7.54. The zero-order chi connectivity index (χ0) is 19.8. The number of aliphatic imine (C=N–C) groups is 1. The minimum absolute atomic E-state index is 0.497. The van der Waals surface area contributed by atoms with Crippen LogP contribution in [0.3, 0.4) is 0 Å². The van der Waals surface area contributed by atoms with Gasteiger partial charge >= 0.3 is 0 Å². The second kappa shape index (κ2) is 10.3. The van der Waals surface area contributed by atoms with Gasteiger partial charge in [-0.15, -0.1) is 0 Å². The molecule has 1 atom stereocenters. The van der Waals surface area contributed by atoms with E-state index in [1.165, 1.54) is 38.0 Å². The van der Waals surface area contributed by atoms with Gasteiger partial charge in [0, 0.05) is 25.2 Å². The van der Waals surface area contributed by atoms with Gasteiger partial charge in [0.15, 0.2) is 5.96 Å². The lowest BCUT2D eigenvalue weighted by molar-refractivity contribution is 0.324. The Kier molecular flexibility index (Phi) is 7.48. The first-order valence-corrected chi connectivity index (χ1v) is 10.4. The first-order chi connectivity index (χ1) is 13.7.